The number of anilines is 3. The molecule has 0 aliphatic rings. The number of fused-ring (bicyclic) bond motifs is 4. The van der Waals surface area contributed by atoms with E-state index >= 15 is 0 Å². The van der Waals surface area contributed by atoms with Crippen LogP contribution in [0.5, 0.6) is 0 Å². The molecule has 282 valence electrons. The lowest BCUT2D eigenvalue weighted by atomic mass is 9.97. The van der Waals surface area contributed by atoms with Gasteiger partial charge in [0, 0.05) is 33.3 Å². The Morgan fingerprint density at radius 1 is 0.283 bits per heavy atom. The van der Waals surface area contributed by atoms with Crippen molar-refractivity contribution in [3.05, 3.63) is 237 Å². The van der Waals surface area contributed by atoms with Crippen molar-refractivity contribution in [1.82, 2.24) is 0 Å². The summed E-state index contributed by atoms with van der Waals surface area (Å²) < 4.78 is 6.59. The first-order valence-corrected chi connectivity index (χ1v) is 20.5. The summed E-state index contributed by atoms with van der Waals surface area (Å²) in [6.07, 6.45) is 0. The topological polar surface area (TPSA) is 16.4 Å². The molecular weight excluding hydrogens is 727 g/mol. The van der Waals surface area contributed by atoms with Crippen LogP contribution >= 0.6 is 0 Å². The molecule has 0 N–H and O–H groups in total. The van der Waals surface area contributed by atoms with E-state index in [1.807, 2.05) is 12.1 Å². The molecule has 10 aromatic carbocycles. The van der Waals surface area contributed by atoms with E-state index in [-0.39, 0.29) is 0 Å². The molecule has 0 saturated heterocycles. The summed E-state index contributed by atoms with van der Waals surface area (Å²) >= 11 is 0. The predicted octanol–water partition coefficient (Wildman–Crippen LogP) is 16.5. The second-order valence-electron chi connectivity index (χ2n) is 15.3. The van der Waals surface area contributed by atoms with Crippen LogP contribution in [0.2, 0.25) is 0 Å². The molecule has 0 saturated carbocycles. The third-order valence-corrected chi connectivity index (χ3v) is 11.7. The van der Waals surface area contributed by atoms with Crippen molar-refractivity contribution in [1.29, 1.82) is 0 Å². The molecule has 11 aromatic rings. The van der Waals surface area contributed by atoms with Crippen LogP contribution in [0.15, 0.2) is 241 Å². The van der Waals surface area contributed by atoms with Crippen molar-refractivity contribution < 1.29 is 4.42 Å². The zero-order chi connectivity index (χ0) is 39.8. The van der Waals surface area contributed by atoms with Crippen molar-refractivity contribution in [3.63, 3.8) is 0 Å². The van der Waals surface area contributed by atoms with E-state index < -0.39 is 0 Å². The highest BCUT2D eigenvalue weighted by atomic mass is 16.3. The lowest BCUT2D eigenvalue weighted by molar-refractivity contribution is 0.670. The van der Waals surface area contributed by atoms with Gasteiger partial charge < -0.3 is 9.32 Å². The highest BCUT2D eigenvalue weighted by Crippen LogP contribution is 2.45. The standard InChI is InChI=1S/C58H39NO/c1-2-11-40(12-3-1)42-21-23-43(24-22-42)45-31-35-50(36-32-45)59(56-19-8-6-15-52(56)54-17-10-18-55-53-16-7-9-20-57(53)60-58(54)55)51-37-33-46(34-38-51)44-25-27-47(28-26-44)49-30-29-41-13-4-5-14-48(41)39-49/h1-39H. The number of hydrogen-bond donors (Lipinski definition) is 0. The van der Waals surface area contributed by atoms with E-state index in [4.69, 9.17) is 4.42 Å². The SMILES string of the molecule is c1ccc(-c2ccc(-c3ccc(N(c4ccc(-c5ccc(-c6ccc7ccccc7c6)cc5)cc4)c4ccccc4-c4cccc5c4oc4ccccc45)cc3)cc2)cc1. The quantitative estimate of drug-likeness (QED) is 0.153. The minimum atomic E-state index is 0.891. The van der Waals surface area contributed by atoms with Gasteiger partial charge in [0.2, 0.25) is 0 Å². The Kier molecular flexibility index (Phi) is 8.87. The van der Waals surface area contributed by atoms with Gasteiger partial charge in [-0.15, -0.1) is 0 Å². The Balaban J connectivity index is 0.975. The summed E-state index contributed by atoms with van der Waals surface area (Å²) in [4.78, 5) is 2.37. The first-order valence-electron chi connectivity index (χ1n) is 20.5. The highest BCUT2D eigenvalue weighted by molar-refractivity contribution is 6.10. The first kappa shape index (κ1) is 35.2. The highest BCUT2D eigenvalue weighted by Gasteiger charge is 2.20. The summed E-state index contributed by atoms with van der Waals surface area (Å²) in [6.45, 7) is 0. The molecule has 0 aliphatic carbocycles. The second kappa shape index (κ2) is 15.1. The van der Waals surface area contributed by atoms with Gasteiger partial charge in [-0.2, -0.15) is 0 Å². The van der Waals surface area contributed by atoms with Gasteiger partial charge in [-0.3, -0.25) is 0 Å². The molecule has 0 aliphatic heterocycles. The third kappa shape index (κ3) is 6.51. The fraction of sp³-hybridized carbons (Fsp3) is 0. The Hall–Kier alpha value is -7.94. The number of rotatable bonds is 8. The van der Waals surface area contributed by atoms with E-state index in [1.165, 1.54) is 55.3 Å². The Morgan fingerprint density at radius 2 is 0.733 bits per heavy atom. The number of benzene rings is 10. The average Bonchev–Trinajstić information content (AvgIpc) is 3.72. The van der Waals surface area contributed by atoms with Gasteiger partial charge in [0.05, 0.1) is 5.69 Å². The van der Waals surface area contributed by atoms with E-state index in [0.29, 0.717) is 0 Å². The van der Waals surface area contributed by atoms with Gasteiger partial charge in [0.1, 0.15) is 11.2 Å². The fourth-order valence-corrected chi connectivity index (χ4v) is 8.60. The van der Waals surface area contributed by atoms with E-state index in [9.17, 15) is 0 Å². The summed E-state index contributed by atoms with van der Waals surface area (Å²) in [5.74, 6) is 0. The van der Waals surface area contributed by atoms with Gasteiger partial charge in [-0.25, -0.2) is 0 Å². The van der Waals surface area contributed by atoms with Crippen LogP contribution in [0.25, 0.3) is 88.3 Å². The van der Waals surface area contributed by atoms with Crippen LogP contribution in [0.3, 0.4) is 0 Å². The summed E-state index contributed by atoms with van der Waals surface area (Å²) in [6, 6.07) is 84.8. The van der Waals surface area contributed by atoms with Gasteiger partial charge in [-0.05, 0) is 97.7 Å². The molecular formula is C58H39NO. The van der Waals surface area contributed by atoms with Gasteiger partial charge in [0.15, 0.2) is 0 Å². The molecule has 0 amide bonds. The van der Waals surface area contributed by atoms with Crippen LogP contribution in [-0.4, -0.2) is 0 Å². The lowest BCUT2D eigenvalue weighted by Gasteiger charge is -2.28. The molecule has 0 fully saturated rings. The molecule has 0 unspecified atom stereocenters. The van der Waals surface area contributed by atoms with Gasteiger partial charge in [0.25, 0.3) is 0 Å². The van der Waals surface area contributed by atoms with Crippen LogP contribution in [-0.2, 0) is 0 Å². The van der Waals surface area contributed by atoms with Crippen LogP contribution in [0, 0.1) is 0 Å². The Labute approximate surface area is 349 Å². The first-order chi connectivity index (χ1) is 29.7. The summed E-state index contributed by atoms with van der Waals surface area (Å²) in [7, 11) is 0. The fourth-order valence-electron chi connectivity index (χ4n) is 8.60. The molecule has 1 aromatic heterocycles. The average molecular weight is 766 g/mol. The van der Waals surface area contributed by atoms with Crippen LogP contribution in [0.4, 0.5) is 17.1 Å². The third-order valence-electron chi connectivity index (χ3n) is 11.7. The van der Waals surface area contributed by atoms with Crippen LogP contribution < -0.4 is 4.90 Å². The molecule has 11 rings (SSSR count). The predicted molar refractivity (Wildman–Crippen MR) is 253 cm³/mol. The molecule has 2 heteroatoms. The smallest absolute Gasteiger partial charge is 0.143 e. The number of para-hydroxylation sites is 3. The Bertz CT molecular complexity index is 3270. The number of hydrogen-bond acceptors (Lipinski definition) is 2. The van der Waals surface area contributed by atoms with Crippen LogP contribution in [0.1, 0.15) is 0 Å². The van der Waals surface area contributed by atoms with Gasteiger partial charge >= 0.3 is 0 Å². The normalized spacial score (nSPS) is 11.3. The largest absolute Gasteiger partial charge is 0.455 e. The molecule has 0 atom stereocenters. The molecule has 1 heterocycles. The molecule has 0 bridgehead atoms. The maximum atomic E-state index is 6.59. The van der Waals surface area contributed by atoms with Crippen molar-refractivity contribution in [2.45, 2.75) is 0 Å². The minimum absolute atomic E-state index is 0.891. The monoisotopic (exact) mass is 765 g/mol. The van der Waals surface area contributed by atoms with Crippen molar-refractivity contribution in [3.8, 4) is 55.6 Å². The van der Waals surface area contributed by atoms with Crippen molar-refractivity contribution in [2.24, 2.45) is 0 Å². The van der Waals surface area contributed by atoms with E-state index in [0.717, 1.165) is 50.1 Å². The molecule has 2 nitrogen and oxygen atoms in total. The molecule has 0 spiro atoms. The number of nitrogens with zero attached hydrogens (tertiary/aromatic N) is 1. The lowest BCUT2D eigenvalue weighted by Crippen LogP contribution is -2.11. The van der Waals surface area contributed by atoms with E-state index in [2.05, 4.69) is 229 Å². The Morgan fingerprint density at radius 3 is 1.38 bits per heavy atom. The van der Waals surface area contributed by atoms with Crippen molar-refractivity contribution >= 4 is 49.8 Å². The molecule has 0 radical (unpaired) electrons. The zero-order valence-corrected chi connectivity index (χ0v) is 32.9. The minimum Gasteiger partial charge on any atom is -0.455 e. The zero-order valence-electron chi connectivity index (χ0n) is 32.9. The maximum absolute atomic E-state index is 6.59. The van der Waals surface area contributed by atoms with Gasteiger partial charge in [-0.1, -0.05) is 194 Å². The summed E-state index contributed by atoms with van der Waals surface area (Å²) in [5, 5.41) is 4.74. The maximum Gasteiger partial charge on any atom is 0.143 e. The second-order valence-corrected chi connectivity index (χ2v) is 15.3. The number of furan rings is 1. The molecule has 60 heavy (non-hydrogen) atoms. The van der Waals surface area contributed by atoms with E-state index in [1.54, 1.807) is 0 Å². The van der Waals surface area contributed by atoms with Crippen molar-refractivity contribution in [2.75, 3.05) is 4.90 Å². The summed E-state index contributed by atoms with van der Waals surface area (Å²) in [5.41, 5.74) is 16.7.